The van der Waals surface area contributed by atoms with E-state index in [1.54, 1.807) is 0 Å². The Kier molecular flexibility index (Phi) is 4.84. The Morgan fingerprint density at radius 2 is 1.77 bits per heavy atom. The molecule has 1 saturated carbocycles. The van der Waals surface area contributed by atoms with E-state index in [9.17, 15) is 14.4 Å². The van der Waals surface area contributed by atoms with Gasteiger partial charge in [-0.05, 0) is 62.8 Å². The largest absolute Gasteiger partial charge is 0.384 e. The first kappa shape index (κ1) is 18.5. The van der Waals surface area contributed by atoms with Crippen molar-refractivity contribution in [3.05, 3.63) is 54.7 Å². The molecule has 26 heavy (non-hydrogen) atoms. The summed E-state index contributed by atoms with van der Waals surface area (Å²) in [5.41, 5.74) is 9.27. The van der Waals surface area contributed by atoms with Gasteiger partial charge in [0.2, 0.25) is 0 Å². The first-order chi connectivity index (χ1) is 12.2. The maximum atomic E-state index is 12.7. The fourth-order valence-corrected chi connectivity index (χ4v) is 4.31. The quantitative estimate of drug-likeness (QED) is 0.620. The van der Waals surface area contributed by atoms with Gasteiger partial charge in [0.25, 0.3) is 5.56 Å². The van der Waals surface area contributed by atoms with Gasteiger partial charge in [-0.15, -0.1) is 11.8 Å². The van der Waals surface area contributed by atoms with Crippen molar-refractivity contribution in [2.45, 2.75) is 51.5 Å². The molecule has 0 unspecified atom stereocenters. The van der Waals surface area contributed by atoms with E-state index < -0.39 is 11.2 Å². The molecular formula is C19H23N3O3S. The van der Waals surface area contributed by atoms with E-state index in [1.807, 2.05) is 27.7 Å². The van der Waals surface area contributed by atoms with Crippen molar-refractivity contribution >= 4 is 23.4 Å². The van der Waals surface area contributed by atoms with Crippen LogP contribution in [0.5, 0.6) is 0 Å². The summed E-state index contributed by atoms with van der Waals surface area (Å²) in [4.78, 5) is 40.2. The summed E-state index contributed by atoms with van der Waals surface area (Å²) >= 11 is 1.41. The molecule has 1 aliphatic rings. The molecule has 0 saturated heterocycles. The Bertz CT molecular complexity index is 990. The van der Waals surface area contributed by atoms with Crippen LogP contribution in [0.4, 0.5) is 5.82 Å². The molecule has 0 amide bonds. The number of thioether (sulfide) groups is 1. The number of anilines is 1. The number of aryl methyl sites for hydroxylation is 2. The van der Waals surface area contributed by atoms with E-state index in [1.165, 1.54) is 27.5 Å². The molecular weight excluding hydrogens is 350 g/mol. The predicted octanol–water partition coefficient (Wildman–Crippen LogP) is 2.66. The average molecular weight is 373 g/mol. The summed E-state index contributed by atoms with van der Waals surface area (Å²) in [6.07, 6.45) is 1.67. The number of nitrogens with one attached hydrogen (secondary N) is 1. The summed E-state index contributed by atoms with van der Waals surface area (Å²) in [6.45, 7) is 8.15. The zero-order chi connectivity index (χ0) is 19.2. The Morgan fingerprint density at radius 3 is 2.31 bits per heavy atom. The highest BCUT2D eigenvalue weighted by Gasteiger charge is 2.30. The zero-order valence-corrected chi connectivity index (χ0v) is 16.3. The topological polar surface area (TPSA) is 97.9 Å². The van der Waals surface area contributed by atoms with Crippen molar-refractivity contribution in [1.82, 2.24) is 9.55 Å². The lowest BCUT2D eigenvalue weighted by Gasteiger charge is -2.15. The molecule has 0 spiro atoms. The van der Waals surface area contributed by atoms with Crippen LogP contribution < -0.4 is 17.0 Å². The van der Waals surface area contributed by atoms with E-state index >= 15 is 0 Å². The van der Waals surface area contributed by atoms with Gasteiger partial charge in [0.1, 0.15) is 11.4 Å². The van der Waals surface area contributed by atoms with E-state index in [4.69, 9.17) is 5.73 Å². The van der Waals surface area contributed by atoms with Crippen LogP contribution in [0.15, 0.2) is 20.6 Å². The molecule has 7 heteroatoms. The third-order valence-corrected chi connectivity index (χ3v) is 6.33. The predicted molar refractivity (Wildman–Crippen MR) is 104 cm³/mol. The fraction of sp³-hybridized carbons (Fsp3) is 0.421. The first-order valence-electron chi connectivity index (χ1n) is 8.60. The molecule has 0 radical (unpaired) electrons. The van der Waals surface area contributed by atoms with Gasteiger partial charge in [0, 0.05) is 10.9 Å². The normalized spacial score (nSPS) is 13.8. The number of nitrogen functional groups attached to an aromatic ring is 1. The average Bonchev–Trinajstić information content (AvgIpc) is 3.37. The molecule has 0 bridgehead atoms. The summed E-state index contributed by atoms with van der Waals surface area (Å²) in [7, 11) is 0. The third-order valence-electron chi connectivity index (χ3n) is 5.02. The van der Waals surface area contributed by atoms with Crippen molar-refractivity contribution in [2.75, 3.05) is 11.5 Å². The Morgan fingerprint density at radius 1 is 1.19 bits per heavy atom. The molecule has 3 rings (SSSR count). The molecule has 1 aromatic carbocycles. The number of hydrogen-bond acceptors (Lipinski definition) is 5. The lowest BCUT2D eigenvalue weighted by Crippen LogP contribution is -2.36. The number of ketones is 1. The number of benzene rings is 1. The molecule has 1 aliphatic carbocycles. The molecule has 3 N–H and O–H groups in total. The van der Waals surface area contributed by atoms with E-state index in [2.05, 4.69) is 11.1 Å². The van der Waals surface area contributed by atoms with Crippen LogP contribution in [0.1, 0.15) is 51.5 Å². The van der Waals surface area contributed by atoms with Crippen LogP contribution in [0.2, 0.25) is 0 Å². The second-order valence-electron chi connectivity index (χ2n) is 6.92. The van der Waals surface area contributed by atoms with Crippen LogP contribution in [-0.4, -0.2) is 21.1 Å². The molecule has 0 aliphatic heterocycles. The molecule has 1 fully saturated rings. The highest BCUT2D eigenvalue weighted by molar-refractivity contribution is 8.00. The third kappa shape index (κ3) is 3.23. The highest BCUT2D eigenvalue weighted by atomic mass is 32.2. The Balaban J connectivity index is 1.92. The molecule has 1 heterocycles. The number of H-pyrrole nitrogens is 1. The second kappa shape index (κ2) is 6.79. The minimum atomic E-state index is -0.705. The van der Waals surface area contributed by atoms with Crippen molar-refractivity contribution in [2.24, 2.45) is 0 Å². The van der Waals surface area contributed by atoms with Crippen molar-refractivity contribution in [3.63, 3.8) is 0 Å². The molecule has 6 nitrogen and oxygen atoms in total. The van der Waals surface area contributed by atoms with Crippen molar-refractivity contribution < 1.29 is 4.79 Å². The number of rotatable bonds is 5. The van der Waals surface area contributed by atoms with Crippen molar-refractivity contribution in [1.29, 1.82) is 0 Å². The number of aromatic amines is 1. The highest BCUT2D eigenvalue weighted by Crippen LogP contribution is 2.36. The number of carbonyl (C=O) groups excluding carboxylic acids is 1. The first-order valence-corrected chi connectivity index (χ1v) is 9.58. The summed E-state index contributed by atoms with van der Waals surface area (Å²) in [5, 5.41) is 0. The fourth-order valence-electron chi connectivity index (χ4n) is 3.14. The second-order valence-corrected chi connectivity index (χ2v) is 7.91. The number of carbonyl (C=O) groups is 1. The number of nitrogens with two attached hydrogens (primary N) is 1. The lowest BCUT2D eigenvalue weighted by atomic mass is 10.0. The molecule has 1 aromatic heterocycles. The summed E-state index contributed by atoms with van der Waals surface area (Å²) in [5.74, 6) is -0.275. The number of Topliss-reactive ketones (excluding diaryl/α,β-unsaturated/α-hetero) is 1. The maximum Gasteiger partial charge on any atom is 0.330 e. The SMILES string of the molecule is Cc1cc(C)c(C)c(SCC(=O)c2c(N)n(C3CC3)c(=O)[nH]c2=O)c1C. The molecule has 138 valence electrons. The van der Waals surface area contributed by atoms with Gasteiger partial charge in [-0.3, -0.25) is 19.1 Å². The van der Waals surface area contributed by atoms with Gasteiger partial charge in [-0.1, -0.05) is 6.07 Å². The zero-order valence-electron chi connectivity index (χ0n) is 15.4. The van der Waals surface area contributed by atoms with Gasteiger partial charge < -0.3 is 5.73 Å². The van der Waals surface area contributed by atoms with Crippen LogP contribution in [-0.2, 0) is 0 Å². The van der Waals surface area contributed by atoms with Gasteiger partial charge in [0.15, 0.2) is 5.78 Å². The van der Waals surface area contributed by atoms with Crippen LogP contribution in [0.3, 0.4) is 0 Å². The Hall–Kier alpha value is -2.28. The lowest BCUT2D eigenvalue weighted by molar-refractivity contribution is 0.102. The minimum Gasteiger partial charge on any atom is -0.384 e. The van der Waals surface area contributed by atoms with Gasteiger partial charge in [-0.2, -0.15) is 0 Å². The maximum absolute atomic E-state index is 12.7. The van der Waals surface area contributed by atoms with E-state index in [0.29, 0.717) is 0 Å². The van der Waals surface area contributed by atoms with Crippen LogP contribution >= 0.6 is 11.8 Å². The number of aromatic nitrogens is 2. The van der Waals surface area contributed by atoms with Gasteiger partial charge in [-0.25, -0.2) is 4.79 Å². The van der Waals surface area contributed by atoms with Crippen molar-refractivity contribution in [3.8, 4) is 0 Å². The van der Waals surface area contributed by atoms with Crippen LogP contribution in [0, 0.1) is 27.7 Å². The smallest absolute Gasteiger partial charge is 0.330 e. The monoisotopic (exact) mass is 373 g/mol. The van der Waals surface area contributed by atoms with Crippen LogP contribution in [0.25, 0.3) is 0 Å². The summed E-state index contributed by atoms with van der Waals surface area (Å²) in [6, 6.07) is 2.12. The molecule has 0 atom stereocenters. The summed E-state index contributed by atoms with van der Waals surface area (Å²) < 4.78 is 1.34. The van der Waals surface area contributed by atoms with Gasteiger partial charge >= 0.3 is 5.69 Å². The van der Waals surface area contributed by atoms with Gasteiger partial charge in [0.05, 0.1) is 5.75 Å². The molecule has 2 aromatic rings. The van der Waals surface area contributed by atoms with E-state index in [-0.39, 0.29) is 29.0 Å². The Labute approximate surface area is 155 Å². The van der Waals surface area contributed by atoms with E-state index in [0.717, 1.165) is 28.9 Å². The minimum absolute atomic E-state index is 0.0116. The number of hydrogen-bond donors (Lipinski definition) is 2. The number of nitrogens with zero attached hydrogens (tertiary/aromatic N) is 1. The standard InChI is InChI=1S/C19H23N3O3S/c1-9-7-10(2)12(4)16(11(9)3)26-8-14(23)15-17(20)22(13-5-6-13)19(25)21-18(15)24/h7,13H,5-6,8,20H2,1-4H3,(H,21,24,25).